The third-order valence-corrected chi connectivity index (χ3v) is 4.83. The van der Waals surface area contributed by atoms with E-state index in [0.717, 1.165) is 18.4 Å². The van der Waals surface area contributed by atoms with Gasteiger partial charge in [-0.1, -0.05) is 6.58 Å². The Balaban J connectivity index is 1.94. The second kappa shape index (κ2) is 7.66. The first-order valence-corrected chi connectivity index (χ1v) is 8.95. The maximum atomic E-state index is 12.1. The minimum Gasteiger partial charge on any atom is -0.338 e. The van der Waals surface area contributed by atoms with Crippen molar-refractivity contribution >= 4 is 34.2 Å². The van der Waals surface area contributed by atoms with E-state index in [1.807, 2.05) is 16.8 Å². The van der Waals surface area contributed by atoms with Crippen LogP contribution in [0.15, 0.2) is 29.5 Å². The van der Waals surface area contributed by atoms with E-state index < -0.39 is 22.4 Å². The average Bonchev–Trinajstić information content (AvgIpc) is 3.20. The lowest BCUT2D eigenvalue weighted by atomic mass is 10.2. The Morgan fingerprint density at radius 3 is 2.82 bits per heavy atom. The number of hydrogen-bond donors (Lipinski definition) is 2. The fraction of sp³-hybridized carbons (Fsp3) is 0.429. The molecule has 0 aliphatic heterocycles. The molecule has 22 heavy (non-hydrogen) atoms. The van der Waals surface area contributed by atoms with Gasteiger partial charge in [-0.3, -0.25) is 9.59 Å². The summed E-state index contributed by atoms with van der Waals surface area (Å²) in [6.07, 6.45) is 3.20. The van der Waals surface area contributed by atoms with Crippen LogP contribution in [0.4, 0.5) is 0 Å². The summed E-state index contributed by atoms with van der Waals surface area (Å²) in [6.45, 7) is 3.31. The number of carbonyl (C=O) groups excluding carboxylic acids is 2. The quantitative estimate of drug-likeness (QED) is 0.548. The molecule has 1 fully saturated rings. The summed E-state index contributed by atoms with van der Waals surface area (Å²) in [7, 11) is 0. The zero-order chi connectivity index (χ0) is 16.1. The van der Waals surface area contributed by atoms with Crippen LogP contribution in [0.1, 0.15) is 18.4 Å². The molecule has 0 bridgehead atoms. The van der Waals surface area contributed by atoms with Gasteiger partial charge in [0.25, 0.3) is 0 Å². The van der Waals surface area contributed by atoms with Gasteiger partial charge < -0.3 is 14.8 Å². The monoisotopic (exact) mass is 342 g/mol. The van der Waals surface area contributed by atoms with Crippen molar-refractivity contribution in [1.29, 1.82) is 0 Å². The van der Waals surface area contributed by atoms with Crippen LogP contribution in [0, 0.1) is 0 Å². The van der Waals surface area contributed by atoms with Gasteiger partial charge >= 0.3 is 0 Å². The van der Waals surface area contributed by atoms with Gasteiger partial charge in [-0.2, -0.15) is 11.3 Å². The molecule has 6 nitrogen and oxygen atoms in total. The van der Waals surface area contributed by atoms with Gasteiger partial charge in [0.05, 0.1) is 0 Å². The highest BCUT2D eigenvalue weighted by Crippen LogP contribution is 2.26. The van der Waals surface area contributed by atoms with E-state index >= 15 is 0 Å². The summed E-state index contributed by atoms with van der Waals surface area (Å²) in [6, 6.07) is 1.92. The molecule has 2 N–H and O–H groups in total. The minimum atomic E-state index is -2.18. The van der Waals surface area contributed by atoms with Gasteiger partial charge in [0, 0.05) is 12.5 Å². The normalized spacial score (nSPS) is 16.6. The molecule has 0 saturated heterocycles. The molecule has 1 aromatic rings. The highest BCUT2D eigenvalue weighted by Gasteiger charge is 2.33. The topological polar surface area (TPSA) is 86.7 Å². The van der Waals surface area contributed by atoms with Crippen molar-refractivity contribution in [3.8, 4) is 0 Å². The summed E-state index contributed by atoms with van der Waals surface area (Å²) in [5, 5.41) is 5.38. The highest BCUT2D eigenvalue weighted by atomic mass is 32.2. The fourth-order valence-corrected chi connectivity index (χ4v) is 3.31. The zero-order valence-corrected chi connectivity index (χ0v) is 13.6. The lowest BCUT2D eigenvalue weighted by Gasteiger charge is -2.22. The second-order valence-electron chi connectivity index (χ2n) is 5.07. The molecule has 1 aliphatic rings. The van der Waals surface area contributed by atoms with Crippen LogP contribution < -0.4 is 5.32 Å². The standard InChI is InChI=1S/C14H18N2O4S2/c1-2-14(18)16(11-3-4-11)8-12(17)15-13(22(19)20)7-10-5-6-21-9-10/h2,5-6,9,11,13H,1,3-4,7-8H2,(H,15,17)(H,19,20)/t13-/m1/s1. The maximum Gasteiger partial charge on any atom is 0.246 e. The van der Waals surface area contributed by atoms with Gasteiger partial charge in [0.2, 0.25) is 11.8 Å². The first-order chi connectivity index (χ1) is 10.5. The van der Waals surface area contributed by atoms with E-state index in [0.29, 0.717) is 0 Å². The minimum absolute atomic E-state index is 0.0752. The number of carbonyl (C=O) groups is 2. The van der Waals surface area contributed by atoms with Gasteiger partial charge in [-0.15, -0.1) is 0 Å². The lowest BCUT2D eigenvalue weighted by Crippen LogP contribution is -2.46. The fourth-order valence-electron chi connectivity index (χ4n) is 2.07. The summed E-state index contributed by atoms with van der Waals surface area (Å²) < 4.78 is 20.7. The average molecular weight is 342 g/mol. The van der Waals surface area contributed by atoms with Crippen molar-refractivity contribution in [3.63, 3.8) is 0 Å². The maximum absolute atomic E-state index is 12.1. The molecule has 8 heteroatoms. The van der Waals surface area contributed by atoms with Crippen LogP contribution in [0.3, 0.4) is 0 Å². The molecule has 1 unspecified atom stereocenters. The molecule has 0 aromatic carbocycles. The molecule has 120 valence electrons. The first kappa shape index (κ1) is 16.9. The Morgan fingerprint density at radius 2 is 2.32 bits per heavy atom. The largest absolute Gasteiger partial charge is 0.338 e. The molecular weight excluding hydrogens is 324 g/mol. The summed E-state index contributed by atoms with van der Waals surface area (Å²) >= 11 is -0.697. The number of nitrogens with one attached hydrogen (secondary N) is 1. The van der Waals surface area contributed by atoms with E-state index in [-0.39, 0.29) is 24.9 Å². The summed E-state index contributed by atoms with van der Waals surface area (Å²) in [5.74, 6) is -0.734. The molecule has 1 aliphatic carbocycles. The van der Waals surface area contributed by atoms with Crippen molar-refractivity contribution in [2.75, 3.05) is 6.54 Å². The van der Waals surface area contributed by atoms with Crippen molar-refractivity contribution in [2.24, 2.45) is 0 Å². The van der Waals surface area contributed by atoms with E-state index in [1.165, 1.54) is 22.3 Å². The Morgan fingerprint density at radius 1 is 1.59 bits per heavy atom. The van der Waals surface area contributed by atoms with Crippen molar-refractivity contribution in [1.82, 2.24) is 10.2 Å². The summed E-state index contributed by atoms with van der Waals surface area (Å²) in [5.41, 5.74) is 0.888. The van der Waals surface area contributed by atoms with Crippen LogP contribution in [-0.4, -0.2) is 43.4 Å². The van der Waals surface area contributed by atoms with Crippen molar-refractivity contribution < 1.29 is 18.4 Å². The predicted octanol–water partition coefficient (Wildman–Crippen LogP) is 1.13. The molecule has 2 atom stereocenters. The zero-order valence-electron chi connectivity index (χ0n) is 11.9. The molecular formula is C14H18N2O4S2. The Bertz CT molecular complexity index is 569. The van der Waals surface area contributed by atoms with Crippen molar-refractivity contribution in [2.45, 2.75) is 30.7 Å². The molecule has 1 aromatic heterocycles. The number of rotatable bonds is 8. The van der Waals surface area contributed by atoms with E-state index in [2.05, 4.69) is 11.9 Å². The third-order valence-electron chi connectivity index (χ3n) is 3.33. The number of amides is 2. The van der Waals surface area contributed by atoms with Gasteiger partial charge in [0.15, 0.2) is 11.1 Å². The Hall–Kier alpha value is -1.51. The lowest BCUT2D eigenvalue weighted by molar-refractivity contribution is -0.133. The molecule has 0 radical (unpaired) electrons. The van der Waals surface area contributed by atoms with Crippen molar-refractivity contribution in [3.05, 3.63) is 35.0 Å². The van der Waals surface area contributed by atoms with Crippen LogP contribution in [0.2, 0.25) is 0 Å². The third kappa shape index (κ3) is 4.75. The highest BCUT2D eigenvalue weighted by molar-refractivity contribution is 7.79. The number of thiophene rings is 1. The van der Waals surface area contributed by atoms with E-state index in [1.54, 1.807) is 0 Å². The Labute approximate surface area is 135 Å². The Kier molecular flexibility index (Phi) is 5.87. The second-order valence-corrected chi connectivity index (χ2v) is 6.97. The first-order valence-electron chi connectivity index (χ1n) is 6.84. The van der Waals surface area contributed by atoms with Gasteiger partial charge in [0.1, 0.15) is 11.9 Å². The van der Waals surface area contributed by atoms with Crippen LogP contribution in [-0.2, 0) is 27.1 Å². The number of nitrogens with zero attached hydrogens (tertiary/aromatic N) is 1. The van der Waals surface area contributed by atoms with E-state index in [4.69, 9.17) is 0 Å². The van der Waals surface area contributed by atoms with Crippen LogP contribution in [0.5, 0.6) is 0 Å². The molecule has 2 rings (SSSR count). The smallest absolute Gasteiger partial charge is 0.246 e. The van der Waals surface area contributed by atoms with Gasteiger partial charge in [-0.05, 0) is 41.3 Å². The predicted molar refractivity (Wildman–Crippen MR) is 85.7 cm³/mol. The number of hydrogen-bond acceptors (Lipinski definition) is 4. The van der Waals surface area contributed by atoms with E-state index in [9.17, 15) is 18.4 Å². The SMILES string of the molecule is C=CC(=O)N(CC(=O)N[C@@H](Cc1ccsc1)S(=O)O)C1CC1. The van der Waals surface area contributed by atoms with Crippen LogP contribution in [0.25, 0.3) is 0 Å². The molecule has 2 amide bonds. The van der Waals surface area contributed by atoms with Crippen LogP contribution >= 0.6 is 11.3 Å². The van der Waals surface area contributed by atoms with Gasteiger partial charge in [-0.25, -0.2) is 4.21 Å². The molecule has 1 saturated carbocycles. The summed E-state index contributed by atoms with van der Waals surface area (Å²) in [4.78, 5) is 25.2. The molecule has 1 heterocycles. The molecule has 0 spiro atoms.